The number of hydrogen-bond acceptors (Lipinski definition) is 4. The van der Waals surface area contributed by atoms with Crippen molar-refractivity contribution in [2.45, 2.75) is 25.4 Å². The Morgan fingerprint density at radius 3 is 2.82 bits per heavy atom. The highest BCUT2D eigenvalue weighted by Crippen LogP contribution is 2.25. The zero-order valence-corrected chi connectivity index (χ0v) is 12.3. The average molecular weight is 302 g/mol. The third-order valence-electron chi connectivity index (χ3n) is 3.70. The van der Waals surface area contributed by atoms with Gasteiger partial charge in [0.1, 0.15) is 0 Å². The van der Waals surface area contributed by atoms with Crippen molar-refractivity contribution in [1.29, 1.82) is 0 Å². The number of nitrogens with one attached hydrogen (secondary N) is 1. The molecule has 4 nitrogen and oxygen atoms in total. The molecule has 1 saturated heterocycles. The molecule has 0 saturated carbocycles. The molecule has 1 aliphatic heterocycles. The van der Waals surface area contributed by atoms with E-state index >= 15 is 0 Å². The highest BCUT2D eigenvalue weighted by Gasteiger charge is 2.15. The van der Waals surface area contributed by atoms with E-state index in [2.05, 4.69) is 10.3 Å². The quantitative estimate of drug-likeness (QED) is 0.920. The largest absolute Gasteiger partial charge is 0.436 e. The molecule has 5 heteroatoms. The molecule has 3 rings (SSSR count). The summed E-state index contributed by atoms with van der Waals surface area (Å²) in [6, 6.07) is 10.6. The molecule has 0 atom stereocenters. The fourth-order valence-electron chi connectivity index (χ4n) is 2.44. The van der Waals surface area contributed by atoms with Crippen LogP contribution in [0.1, 0.15) is 18.4 Å². The fourth-order valence-corrected chi connectivity index (χ4v) is 2.44. The number of ether oxygens (including phenoxy) is 2. The molecule has 2 aromatic rings. The first kappa shape index (κ1) is 14.9. The predicted molar refractivity (Wildman–Crippen MR) is 81.4 cm³/mol. The molecule has 0 aliphatic carbocycles. The van der Waals surface area contributed by atoms with Crippen molar-refractivity contribution in [3.05, 3.63) is 54.0 Å². The summed E-state index contributed by atoms with van der Waals surface area (Å²) in [5.74, 6) is 0.233. The Balaban J connectivity index is 1.68. The molecule has 0 amide bonds. The highest BCUT2D eigenvalue weighted by atomic mass is 19.1. The molecule has 22 heavy (non-hydrogen) atoms. The van der Waals surface area contributed by atoms with Gasteiger partial charge in [0, 0.05) is 37.6 Å². The summed E-state index contributed by atoms with van der Waals surface area (Å²) in [6.07, 6.45) is 3.65. The van der Waals surface area contributed by atoms with Crippen LogP contribution in [0.5, 0.6) is 11.6 Å². The summed E-state index contributed by atoms with van der Waals surface area (Å²) in [5, 5.41) is 3.48. The zero-order valence-electron chi connectivity index (χ0n) is 12.3. The summed E-state index contributed by atoms with van der Waals surface area (Å²) in [6.45, 7) is 2.23. The van der Waals surface area contributed by atoms with Gasteiger partial charge < -0.3 is 14.8 Å². The third kappa shape index (κ3) is 3.81. The van der Waals surface area contributed by atoms with E-state index in [1.165, 1.54) is 6.07 Å². The first-order valence-corrected chi connectivity index (χ1v) is 7.50. The number of benzene rings is 1. The van der Waals surface area contributed by atoms with Crippen molar-refractivity contribution in [2.24, 2.45) is 0 Å². The molecule has 0 bridgehead atoms. The van der Waals surface area contributed by atoms with Gasteiger partial charge in [0.25, 0.3) is 0 Å². The Morgan fingerprint density at radius 2 is 2.00 bits per heavy atom. The Bertz CT molecular complexity index is 615. The number of hydrogen-bond donors (Lipinski definition) is 1. The van der Waals surface area contributed by atoms with E-state index in [1.807, 2.05) is 12.1 Å². The van der Waals surface area contributed by atoms with Crippen LogP contribution in [0.15, 0.2) is 42.6 Å². The minimum atomic E-state index is -0.392. The SMILES string of the molecule is Fc1ccccc1Oc1ncccc1CNC1CCOCC1. The molecular weight excluding hydrogens is 283 g/mol. The summed E-state index contributed by atoms with van der Waals surface area (Å²) >= 11 is 0. The number of halogens is 1. The molecule has 1 aliphatic rings. The van der Waals surface area contributed by atoms with Gasteiger partial charge in [-0.2, -0.15) is 0 Å². The second kappa shape index (κ2) is 7.33. The van der Waals surface area contributed by atoms with Crippen molar-refractivity contribution in [2.75, 3.05) is 13.2 Å². The molecule has 1 N–H and O–H groups in total. The van der Waals surface area contributed by atoms with E-state index in [9.17, 15) is 4.39 Å². The number of pyridine rings is 1. The summed E-state index contributed by atoms with van der Waals surface area (Å²) in [7, 11) is 0. The molecule has 0 unspecified atom stereocenters. The van der Waals surface area contributed by atoms with Gasteiger partial charge in [-0.05, 0) is 31.0 Å². The Morgan fingerprint density at radius 1 is 1.18 bits per heavy atom. The fraction of sp³-hybridized carbons (Fsp3) is 0.353. The lowest BCUT2D eigenvalue weighted by Crippen LogP contribution is -2.34. The van der Waals surface area contributed by atoms with Crippen molar-refractivity contribution >= 4 is 0 Å². The van der Waals surface area contributed by atoms with Gasteiger partial charge in [-0.25, -0.2) is 9.37 Å². The van der Waals surface area contributed by atoms with Gasteiger partial charge in [-0.15, -0.1) is 0 Å². The maximum absolute atomic E-state index is 13.7. The molecule has 1 aromatic carbocycles. The number of rotatable bonds is 5. The highest BCUT2D eigenvalue weighted by molar-refractivity contribution is 5.33. The van der Waals surface area contributed by atoms with Crippen LogP contribution in [0.3, 0.4) is 0 Å². The predicted octanol–water partition coefficient (Wildman–Crippen LogP) is 3.28. The molecule has 1 fully saturated rings. The van der Waals surface area contributed by atoms with E-state index in [4.69, 9.17) is 9.47 Å². The second-order valence-electron chi connectivity index (χ2n) is 5.27. The van der Waals surface area contributed by atoms with E-state index in [-0.39, 0.29) is 5.75 Å². The Hall–Kier alpha value is -1.98. The van der Waals surface area contributed by atoms with Crippen molar-refractivity contribution in [3.8, 4) is 11.6 Å². The lowest BCUT2D eigenvalue weighted by Gasteiger charge is -2.23. The third-order valence-corrected chi connectivity index (χ3v) is 3.70. The van der Waals surface area contributed by atoms with Crippen molar-refractivity contribution in [3.63, 3.8) is 0 Å². The zero-order chi connectivity index (χ0) is 15.2. The second-order valence-corrected chi connectivity index (χ2v) is 5.27. The maximum Gasteiger partial charge on any atom is 0.223 e. The normalized spacial score (nSPS) is 15.7. The van der Waals surface area contributed by atoms with Crippen LogP contribution < -0.4 is 10.1 Å². The van der Waals surface area contributed by atoms with Gasteiger partial charge in [0.2, 0.25) is 5.88 Å². The summed E-state index contributed by atoms with van der Waals surface area (Å²) < 4.78 is 24.7. The first-order valence-electron chi connectivity index (χ1n) is 7.50. The van der Waals surface area contributed by atoms with E-state index in [0.29, 0.717) is 18.5 Å². The minimum absolute atomic E-state index is 0.188. The van der Waals surface area contributed by atoms with Gasteiger partial charge in [-0.3, -0.25) is 0 Å². The molecule has 0 spiro atoms. The lowest BCUT2D eigenvalue weighted by molar-refractivity contribution is 0.0775. The van der Waals surface area contributed by atoms with Gasteiger partial charge >= 0.3 is 0 Å². The van der Waals surface area contributed by atoms with Gasteiger partial charge in [-0.1, -0.05) is 18.2 Å². The topological polar surface area (TPSA) is 43.4 Å². The number of nitrogens with zero attached hydrogens (tertiary/aromatic N) is 1. The van der Waals surface area contributed by atoms with Crippen LogP contribution in [0.2, 0.25) is 0 Å². The number of para-hydroxylation sites is 1. The monoisotopic (exact) mass is 302 g/mol. The van der Waals surface area contributed by atoms with Crippen LogP contribution in [0.25, 0.3) is 0 Å². The average Bonchev–Trinajstić information content (AvgIpc) is 2.57. The summed E-state index contributed by atoms with van der Waals surface area (Å²) in [4.78, 5) is 4.23. The molecule has 0 radical (unpaired) electrons. The van der Waals surface area contributed by atoms with Crippen molar-refractivity contribution in [1.82, 2.24) is 10.3 Å². The standard InChI is InChI=1S/C17H19FN2O2/c18-15-5-1-2-6-16(15)22-17-13(4-3-9-19-17)12-20-14-7-10-21-11-8-14/h1-6,9,14,20H,7-8,10-12H2. The lowest BCUT2D eigenvalue weighted by atomic mass is 10.1. The van der Waals surface area contributed by atoms with Crippen molar-refractivity contribution < 1.29 is 13.9 Å². The minimum Gasteiger partial charge on any atom is -0.436 e. The summed E-state index contributed by atoms with van der Waals surface area (Å²) in [5.41, 5.74) is 0.914. The van der Waals surface area contributed by atoms with Crippen LogP contribution in [-0.4, -0.2) is 24.2 Å². The number of aromatic nitrogens is 1. The Labute approximate surface area is 129 Å². The van der Waals surface area contributed by atoms with E-state index in [0.717, 1.165) is 31.6 Å². The molecular formula is C17H19FN2O2. The molecule has 2 heterocycles. The first-order chi connectivity index (χ1) is 10.8. The van der Waals surface area contributed by atoms with Crippen LogP contribution in [0.4, 0.5) is 4.39 Å². The van der Waals surface area contributed by atoms with Crippen LogP contribution in [-0.2, 0) is 11.3 Å². The van der Waals surface area contributed by atoms with E-state index in [1.54, 1.807) is 24.4 Å². The van der Waals surface area contributed by atoms with Gasteiger partial charge in [0.15, 0.2) is 11.6 Å². The molecule has 1 aromatic heterocycles. The smallest absolute Gasteiger partial charge is 0.223 e. The van der Waals surface area contributed by atoms with Gasteiger partial charge in [0.05, 0.1) is 0 Å². The van der Waals surface area contributed by atoms with Crippen LogP contribution in [0, 0.1) is 5.82 Å². The maximum atomic E-state index is 13.7. The van der Waals surface area contributed by atoms with Crippen LogP contribution >= 0.6 is 0 Å². The molecule has 116 valence electrons. The Kier molecular flexibility index (Phi) is 4.98. The van der Waals surface area contributed by atoms with E-state index < -0.39 is 5.82 Å².